The average molecular weight is 284 g/mol. The van der Waals surface area contributed by atoms with Crippen LogP contribution < -0.4 is 0 Å². The Kier molecular flexibility index (Phi) is 3.14. The molecule has 0 aromatic heterocycles. The van der Waals surface area contributed by atoms with Gasteiger partial charge in [-0.25, -0.2) is 13.6 Å². The molecule has 3 aromatic rings. The number of rotatable bonds is 2. The largest absolute Gasteiger partial charge is 0.478 e. The van der Waals surface area contributed by atoms with E-state index in [9.17, 15) is 18.7 Å². The first kappa shape index (κ1) is 13.2. The van der Waals surface area contributed by atoms with Gasteiger partial charge in [0.2, 0.25) is 0 Å². The number of hydrogen-bond donors (Lipinski definition) is 1. The highest BCUT2D eigenvalue weighted by molar-refractivity contribution is 6.03. The van der Waals surface area contributed by atoms with E-state index in [2.05, 4.69) is 0 Å². The summed E-state index contributed by atoms with van der Waals surface area (Å²) in [6, 6.07) is 13.5. The lowest BCUT2D eigenvalue weighted by atomic mass is 9.94. The summed E-state index contributed by atoms with van der Waals surface area (Å²) in [6.45, 7) is 0. The van der Waals surface area contributed by atoms with Crippen LogP contribution in [-0.4, -0.2) is 11.1 Å². The van der Waals surface area contributed by atoms with E-state index in [1.807, 2.05) is 0 Å². The Morgan fingerprint density at radius 2 is 1.48 bits per heavy atom. The summed E-state index contributed by atoms with van der Waals surface area (Å²) < 4.78 is 27.6. The van der Waals surface area contributed by atoms with Gasteiger partial charge in [0, 0.05) is 5.39 Å². The minimum atomic E-state index is -1.35. The molecule has 0 unspecified atom stereocenters. The van der Waals surface area contributed by atoms with Crippen LogP contribution in [-0.2, 0) is 0 Å². The maximum Gasteiger partial charge on any atom is 0.339 e. The van der Waals surface area contributed by atoms with Gasteiger partial charge in [-0.15, -0.1) is 0 Å². The van der Waals surface area contributed by atoms with E-state index >= 15 is 0 Å². The molecular formula is C17H10F2O2. The van der Waals surface area contributed by atoms with Crippen molar-refractivity contribution in [2.45, 2.75) is 0 Å². The zero-order valence-corrected chi connectivity index (χ0v) is 10.8. The molecule has 0 heterocycles. The number of fused-ring (bicyclic) bond motifs is 1. The van der Waals surface area contributed by atoms with Crippen molar-refractivity contribution in [1.82, 2.24) is 0 Å². The molecule has 0 spiro atoms. The second-order valence-electron chi connectivity index (χ2n) is 4.61. The Labute approximate surface area is 119 Å². The number of aromatic carboxylic acids is 1. The minimum Gasteiger partial charge on any atom is -0.478 e. The van der Waals surface area contributed by atoms with E-state index in [-0.39, 0.29) is 5.56 Å². The van der Waals surface area contributed by atoms with Crippen LogP contribution in [0.5, 0.6) is 0 Å². The van der Waals surface area contributed by atoms with Gasteiger partial charge in [0.25, 0.3) is 0 Å². The predicted molar refractivity (Wildman–Crippen MR) is 76.3 cm³/mol. The Hall–Kier alpha value is -2.75. The Morgan fingerprint density at radius 1 is 0.762 bits per heavy atom. The van der Waals surface area contributed by atoms with E-state index in [1.165, 1.54) is 24.3 Å². The average Bonchev–Trinajstić information content (AvgIpc) is 2.47. The highest BCUT2D eigenvalue weighted by Crippen LogP contribution is 2.33. The van der Waals surface area contributed by atoms with Crippen molar-refractivity contribution >= 4 is 16.7 Å². The van der Waals surface area contributed by atoms with Gasteiger partial charge in [0.05, 0.1) is 0 Å². The molecule has 4 heteroatoms. The summed E-state index contributed by atoms with van der Waals surface area (Å²) in [5.74, 6) is -2.56. The summed E-state index contributed by atoms with van der Waals surface area (Å²) in [6.07, 6.45) is 0. The molecule has 3 rings (SSSR count). The zero-order chi connectivity index (χ0) is 15.0. The summed E-state index contributed by atoms with van der Waals surface area (Å²) >= 11 is 0. The van der Waals surface area contributed by atoms with Crippen LogP contribution in [0.2, 0.25) is 0 Å². The Balaban J connectivity index is 2.40. The highest BCUT2D eigenvalue weighted by atomic mass is 19.1. The topological polar surface area (TPSA) is 37.3 Å². The quantitative estimate of drug-likeness (QED) is 0.753. The van der Waals surface area contributed by atoms with Crippen molar-refractivity contribution in [3.05, 3.63) is 71.8 Å². The standard InChI is InChI=1S/C17H10F2O2/c18-14-9-8-11(10-4-1-2-5-12(10)14)13-6-3-7-15(19)16(13)17(20)21/h1-9H,(H,20,21). The monoisotopic (exact) mass is 284 g/mol. The van der Waals surface area contributed by atoms with Gasteiger partial charge in [-0.3, -0.25) is 0 Å². The molecule has 0 saturated carbocycles. The third kappa shape index (κ3) is 2.14. The molecule has 21 heavy (non-hydrogen) atoms. The van der Waals surface area contributed by atoms with Crippen molar-refractivity contribution in [1.29, 1.82) is 0 Å². The van der Waals surface area contributed by atoms with Crippen LogP contribution in [0.15, 0.2) is 54.6 Å². The molecule has 0 aliphatic heterocycles. The summed E-state index contributed by atoms with van der Waals surface area (Å²) in [5.41, 5.74) is 0.317. The maximum absolute atomic E-state index is 13.8. The van der Waals surface area contributed by atoms with E-state index < -0.39 is 23.2 Å². The van der Waals surface area contributed by atoms with E-state index in [4.69, 9.17) is 0 Å². The van der Waals surface area contributed by atoms with Crippen LogP contribution in [0.4, 0.5) is 8.78 Å². The second-order valence-corrected chi connectivity index (χ2v) is 4.61. The van der Waals surface area contributed by atoms with Gasteiger partial charge in [-0.2, -0.15) is 0 Å². The van der Waals surface area contributed by atoms with Crippen LogP contribution in [0.1, 0.15) is 10.4 Å². The highest BCUT2D eigenvalue weighted by Gasteiger charge is 2.18. The van der Waals surface area contributed by atoms with Crippen molar-refractivity contribution in [2.75, 3.05) is 0 Å². The molecule has 1 N–H and O–H groups in total. The molecule has 0 aliphatic rings. The number of carboxylic acids is 1. The summed E-state index contributed by atoms with van der Waals surface area (Å²) in [4.78, 5) is 11.3. The second kappa shape index (κ2) is 4.98. The fourth-order valence-corrected chi connectivity index (χ4v) is 2.46. The molecule has 0 amide bonds. The third-order valence-corrected chi connectivity index (χ3v) is 3.39. The van der Waals surface area contributed by atoms with Gasteiger partial charge >= 0.3 is 5.97 Å². The van der Waals surface area contributed by atoms with E-state index in [0.717, 1.165) is 6.07 Å². The van der Waals surface area contributed by atoms with Gasteiger partial charge in [-0.05, 0) is 28.6 Å². The van der Waals surface area contributed by atoms with Gasteiger partial charge in [-0.1, -0.05) is 42.5 Å². The fourth-order valence-electron chi connectivity index (χ4n) is 2.46. The lowest BCUT2D eigenvalue weighted by Crippen LogP contribution is -2.03. The lowest BCUT2D eigenvalue weighted by Gasteiger charge is -2.11. The van der Waals surface area contributed by atoms with Gasteiger partial charge in [0.15, 0.2) is 0 Å². The smallest absolute Gasteiger partial charge is 0.339 e. The number of halogens is 2. The first-order chi connectivity index (χ1) is 10.1. The van der Waals surface area contributed by atoms with Crippen LogP contribution in [0, 0.1) is 11.6 Å². The fraction of sp³-hybridized carbons (Fsp3) is 0. The van der Waals surface area contributed by atoms with Gasteiger partial charge < -0.3 is 5.11 Å². The van der Waals surface area contributed by atoms with Crippen molar-refractivity contribution in [3.8, 4) is 11.1 Å². The number of hydrogen-bond acceptors (Lipinski definition) is 1. The van der Waals surface area contributed by atoms with E-state index in [0.29, 0.717) is 16.3 Å². The first-order valence-electron chi connectivity index (χ1n) is 6.29. The molecule has 3 aromatic carbocycles. The van der Waals surface area contributed by atoms with Gasteiger partial charge in [0.1, 0.15) is 17.2 Å². The number of carboxylic acid groups (broad SMARTS) is 1. The maximum atomic E-state index is 13.8. The van der Waals surface area contributed by atoms with Crippen LogP contribution in [0.25, 0.3) is 21.9 Å². The first-order valence-corrected chi connectivity index (χ1v) is 6.29. The van der Waals surface area contributed by atoms with Crippen molar-refractivity contribution < 1.29 is 18.7 Å². The molecule has 0 saturated heterocycles. The molecule has 0 bridgehead atoms. The number of carbonyl (C=O) groups is 1. The molecule has 0 atom stereocenters. The molecule has 0 radical (unpaired) electrons. The predicted octanol–water partition coefficient (Wildman–Crippen LogP) is 4.48. The molecular weight excluding hydrogens is 274 g/mol. The van der Waals surface area contributed by atoms with Crippen molar-refractivity contribution in [2.24, 2.45) is 0 Å². The third-order valence-electron chi connectivity index (χ3n) is 3.39. The zero-order valence-electron chi connectivity index (χ0n) is 10.8. The minimum absolute atomic E-state index is 0.235. The van der Waals surface area contributed by atoms with E-state index in [1.54, 1.807) is 24.3 Å². The lowest BCUT2D eigenvalue weighted by molar-refractivity contribution is 0.0693. The summed E-state index contributed by atoms with van der Waals surface area (Å²) in [7, 11) is 0. The van der Waals surface area contributed by atoms with Crippen LogP contribution in [0.3, 0.4) is 0 Å². The Morgan fingerprint density at radius 3 is 2.19 bits per heavy atom. The molecule has 2 nitrogen and oxygen atoms in total. The Bertz CT molecular complexity index is 857. The molecule has 0 fully saturated rings. The summed E-state index contributed by atoms with van der Waals surface area (Å²) in [5, 5.41) is 10.1. The van der Waals surface area contributed by atoms with Crippen LogP contribution >= 0.6 is 0 Å². The number of benzene rings is 3. The molecule has 0 aliphatic carbocycles. The SMILES string of the molecule is O=C(O)c1c(F)cccc1-c1ccc(F)c2ccccc12. The normalized spacial score (nSPS) is 10.8. The van der Waals surface area contributed by atoms with Crippen molar-refractivity contribution in [3.63, 3.8) is 0 Å². The molecule has 104 valence electrons.